The Morgan fingerprint density at radius 2 is 1.05 bits per heavy atom. The zero-order chi connectivity index (χ0) is 61.5. The van der Waals surface area contributed by atoms with Gasteiger partial charge in [0, 0.05) is 32.7 Å². The molecule has 2 aliphatic rings. The van der Waals surface area contributed by atoms with Crippen LogP contribution in [0.15, 0.2) is 163 Å². The summed E-state index contributed by atoms with van der Waals surface area (Å²) in [5.41, 5.74) is 7.23. The van der Waals surface area contributed by atoms with E-state index in [-0.39, 0.29) is 46.9 Å². The second kappa shape index (κ2) is 30.9. The van der Waals surface area contributed by atoms with E-state index in [1.807, 2.05) is 61.5 Å². The maximum atomic E-state index is 13.2. The van der Waals surface area contributed by atoms with Crippen molar-refractivity contribution in [3.05, 3.63) is 219 Å². The number of ether oxygens (including phenoxy) is 4. The third-order valence-corrected chi connectivity index (χ3v) is 16.2. The molecule has 0 spiro atoms. The minimum Gasteiger partial charge on any atom is -0.493 e. The maximum absolute atomic E-state index is 13.2. The highest BCUT2D eigenvalue weighted by Gasteiger charge is 2.38. The SMILES string of the molecule is CNC(=O)[C@@H](c1ccccc1)N1CCc2cc(OC)c(OC)cc2[C@@H]1CCc1ccc(C(F)(F)F)cc1.CNC(=O)[C@H](OS(=O)(=O)c1ccc(C)cc1)c1ccccc1.COc1cc2c(cc1OC)[C@H](CCc1ccc(C(F)(F)F)cc1)NCC2.I. The van der Waals surface area contributed by atoms with Gasteiger partial charge in [0.1, 0.15) is 6.04 Å². The summed E-state index contributed by atoms with van der Waals surface area (Å²) in [5.74, 6) is 2.00. The van der Waals surface area contributed by atoms with Gasteiger partial charge in [0.05, 0.1) is 44.5 Å². The van der Waals surface area contributed by atoms with Gasteiger partial charge in [-0.1, -0.05) is 103 Å². The minimum atomic E-state index is -4.37. The fourth-order valence-corrected chi connectivity index (χ4v) is 11.4. The molecule has 0 radical (unpaired) electrons. The molecule has 2 heterocycles. The lowest BCUT2D eigenvalue weighted by Crippen LogP contribution is -2.44. The number of alkyl halides is 6. The summed E-state index contributed by atoms with van der Waals surface area (Å²) in [6, 6.07) is 42.5. The first-order valence-electron chi connectivity index (χ1n) is 27.5. The number of hydrogen-bond donors (Lipinski definition) is 3. The van der Waals surface area contributed by atoms with Gasteiger partial charge in [-0.2, -0.15) is 34.8 Å². The van der Waals surface area contributed by atoms with E-state index in [0.29, 0.717) is 55.0 Å². The normalized spacial score (nSPS) is 15.5. The van der Waals surface area contributed by atoms with Crippen LogP contribution < -0.4 is 34.9 Å². The van der Waals surface area contributed by atoms with Crippen LogP contribution in [0.1, 0.15) is 98.3 Å². The van der Waals surface area contributed by atoms with Crippen molar-refractivity contribution in [2.75, 3.05) is 55.6 Å². The highest BCUT2D eigenvalue weighted by molar-refractivity contribution is 14.0. The number of hydrogen-bond acceptors (Lipinski definition) is 11. The minimum absolute atomic E-state index is 0. The van der Waals surface area contributed by atoms with Gasteiger partial charge in [0.2, 0.25) is 5.91 Å². The maximum Gasteiger partial charge on any atom is 0.416 e. The molecule has 460 valence electrons. The average Bonchev–Trinajstić information content (AvgIpc) is 2.78. The first kappa shape index (κ1) is 67.9. The predicted octanol–water partition coefficient (Wildman–Crippen LogP) is 13.1. The molecule has 21 heteroatoms. The van der Waals surface area contributed by atoms with Crippen LogP contribution in [-0.4, -0.2) is 80.8 Å². The van der Waals surface area contributed by atoms with Crippen molar-refractivity contribution in [3.63, 3.8) is 0 Å². The predicted molar refractivity (Wildman–Crippen MR) is 328 cm³/mol. The molecule has 0 aliphatic carbocycles. The van der Waals surface area contributed by atoms with Gasteiger partial charge in [0.25, 0.3) is 16.0 Å². The lowest BCUT2D eigenvalue weighted by Gasteiger charge is -2.42. The summed E-state index contributed by atoms with van der Waals surface area (Å²) in [4.78, 5) is 27.4. The Bertz CT molecular complexity index is 3440. The summed E-state index contributed by atoms with van der Waals surface area (Å²) < 4.78 is 129. The zero-order valence-electron chi connectivity index (χ0n) is 48.7. The first-order chi connectivity index (χ1) is 40.6. The second-order valence-corrected chi connectivity index (χ2v) is 21.8. The van der Waals surface area contributed by atoms with E-state index in [1.165, 1.54) is 42.4 Å². The smallest absolute Gasteiger partial charge is 0.416 e. The van der Waals surface area contributed by atoms with E-state index in [9.17, 15) is 44.3 Å². The second-order valence-electron chi connectivity index (χ2n) is 20.2. The highest BCUT2D eigenvalue weighted by atomic mass is 127. The Morgan fingerprint density at radius 3 is 1.52 bits per heavy atom. The molecule has 0 unspecified atom stereocenters. The molecule has 0 saturated heterocycles. The van der Waals surface area contributed by atoms with Crippen LogP contribution in [0.2, 0.25) is 0 Å². The third-order valence-electron chi connectivity index (χ3n) is 14.9. The molecule has 9 rings (SSSR count). The quantitative estimate of drug-likeness (QED) is 0.0427. The highest BCUT2D eigenvalue weighted by Crippen LogP contribution is 2.44. The number of methoxy groups -OCH3 is 4. The Morgan fingerprint density at radius 1 is 0.593 bits per heavy atom. The fourth-order valence-electron chi connectivity index (χ4n) is 10.4. The molecule has 7 aromatic rings. The van der Waals surface area contributed by atoms with Gasteiger partial charge < -0.3 is 34.9 Å². The molecule has 0 fully saturated rings. The number of amides is 2. The molecule has 86 heavy (non-hydrogen) atoms. The lowest BCUT2D eigenvalue weighted by molar-refractivity contribution is -0.138. The molecular weight excluding hydrogens is 1250 g/mol. The summed E-state index contributed by atoms with van der Waals surface area (Å²) in [6.45, 7) is 3.35. The number of likely N-dealkylation sites (N-methyl/N-ethyl adjacent to an activating group) is 2. The van der Waals surface area contributed by atoms with Crippen LogP contribution in [0.5, 0.6) is 23.0 Å². The molecule has 2 aliphatic heterocycles. The summed E-state index contributed by atoms with van der Waals surface area (Å²) in [6.07, 6.45) is -5.62. The van der Waals surface area contributed by atoms with Crippen molar-refractivity contribution in [2.45, 2.75) is 86.9 Å². The van der Waals surface area contributed by atoms with Crippen LogP contribution in [0.4, 0.5) is 26.3 Å². The summed E-state index contributed by atoms with van der Waals surface area (Å²) in [5, 5.41) is 8.72. The first-order valence-corrected chi connectivity index (χ1v) is 28.9. The van der Waals surface area contributed by atoms with Crippen molar-refractivity contribution >= 4 is 45.9 Å². The molecule has 0 aromatic heterocycles. The van der Waals surface area contributed by atoms with Crippen LogP contribution in [0.25, 0.3) is 0 Å². The largest absolute Gasteiger partial charge is 0.493 e. The zero-order valence-corrected chi connectivity index (χ0v) is 51.8. The van der Waals surface area contributed by atoms with Crippen molar-refractivity contribution in [1.82, 2.24) is 20.9 Å². The lowest BCUT2D eigenvalue weighted by atomic mass is 9.86. The molecule has 0 bridgehead atoms. The number of fused-ring (bicyclic) bond motifs is 2. The van der Waals surface area contributed by atoms with Crippen molar-refractivity contribution < 1.29 is 67.5 Å². The number of benzene rings is 7. The Balaban J connectivity index is 0.000000214. The van der Waals surface area contributed by atoms with Crippen molar-refractivity contribution in [1.29, 1.82) is 0 Å². The van der Waals surface area contributed by atoms with Gasteiger partial charge >= 0.3 is 12.4 Å². The molecule has 7 aromatic carbocycles. The number of nitrogens with zero attached hydrogens (tertiary/aromatic N) is 1. The van der Waals surface area contributed by atoms with E-state index in [0.717, 1.165) is 82.8 Å². The number of carbonyl (C=O) groups is 2. The van der Waals surface area contributed by atoms with Crippen LogP contribution in [-0.2, 0) is 61.9 Å². The standard InChI is InChI=1S/C29H31F3N2O3.C20H22F3NO2.C16H17NO4S.HI/c1-33-28(35)27(20-7-5-4-6-8-20)34-16-15-21-17-25(36-2)26(37-3)18-23(21)24(34)14-11-19-9-12-22(13-10-19)29(30,31)32;1-25-18-11-14-9-10-24-17(16(14)12-19(18)26-2)8-5-13-3-6-15(7-4-13)20(21,22)23;1-12-8-10-14(11-9-12)22(19,20)21-15(16(18)17-2)13-6-4-3-5-7-13;/h4-10,12-13,17-18,24,27H,11,14-16H2,1-3H3,(H,33,35);3-4,6-7,11-12,17,24H,5,8-10H2,1-2H3;3-11,15H,1-2H3,(H,17,18);1H/t24-,27+;17-;15-;/m001./s1. The monoisotopic (exact) mass is 1320 g/mol. The van der Waals surface area contributed by atoms with Gasteiger partial charge in [-0.15, -0.1) is 24.0 Å². The number of aryl methyl sites for hydroxylation is 3. The number of carbonyl (C=O) groups excluding carboxylic acids is 2. The fraction of sp³-hybridized carbons (Fsp3) is 0.323. The van der Waals surface area contributed by atoms with E-state index < -0.39 is 51.7 Å². The number of nitrogens with one attached hydrogen (secondary N) is 3. The molecule has 3 N–H and O–H groups in total. The van der Waals surface area contributed by atoms with E-state index >= 15 is 0 Å². The van der Waals surface area contributed by atoms with E-state index in [1.54, 1.807) is 90.1 Å². The van der Waals surface area contributed by atoms with Crippen molar-refractivity contribution in [2.24, 2.45) is 0 Å². The topological polar surface area (TPSA) is 154 Å². The Kier molecular flexibility index (Phi) is 24.4. The number of rotatable bonds is 18. The molecule has 13 nitrogen and oxygen atoms in total. The van der Waals surface area contributed by atoms with E-state index in [2.05, 4.69) is 20.9 Å². The van der Waals surface area contributed by atoms with Crippen LogP contribution in [0.3, 0.4) is 0 Å². The van der Waals surface area contributed by atoms with Gasteiger partial charge in [-0.05, 0) is 157 Å². The molecule has 4 atom stereocenters. The molecular formula is C65H71F6IN4O9S. The van der Waals surface area contributed by atoms with Crippen LogP contribution >= 0.6 is 24.0 Å². The van der Waals surface area contributed by atoms with Crippen LogP contribution in [0, 0.1) is 6.92 Å². The molecule has 2 amide bonds. The van der Waals surface area contributed by atoms with Gasteiger partial charge in [0.15, 0.2) is 29.1 Å². The molecule has 0 saturated carbocycles. The Labute approximate surface area is 515 Å². The Hall–Kier alpha value is -7.18. The number of halogens is 7. The van der Waals surface area contributed by atoms with Gasteiger partial charge in [-0.25, -0.2) is 4.18 Å². The summed E-state index contributed by atoms with van der Waals surface area (Å²) >= 11 is 0. The third kappa shape index (κ3) is 17.5. The van der Waals surface area contributed by atoms with Gasteiger partial charge in [-0.3, -0.25) is 14.5 Å². The average molecular weight is 1330 g/mol. The summed E-state index contributed by atoms with van der Waals surface area (Å²) in [7, 11) is 5.42. The van der Waals surface area contributed by atoms with E-state index in [4.69, 9.17) is 23.1 Å². The van der Waals surface area contributed by atoms with Crippen molar-refractivity contribution in [3.8, 4) is 23.0 Å².